The first-order chi connectivity index (χ1) is 9.25. The summed E-state index contributed by atoms with van der Waals surface area (Å²) in [4.78, 5) is 1.66. The Bertz CT molecular complexity index is 533. The molecule has 3 rings (SSSR count). The number of ether oxygens (including phenoxy) is 1. The van der Waals surface area contributed by atoms with Gasteiger partial charge in [-0.3, -0.25) is 0 Å². The van der Waals surface area contributed by atoms with E-state index in [0.717, 1.165) is 37.7 Å². The summed E-state index contributed by atoms with van der Waals surface area (Å²) in [5, 5.41) is 12.1. The van der Waals surface area contributed by atoms with Crippen LogP contribution in [-0.4, -0.2) is 34.8 Å². The second-order valence-electron chi connectivity index (χ2n) is 5.37. The van der Waals surface area contributed by atoms with Gasteiger partial charge in [0.15, 0.2) is 0 Å². The fraction of sp³-hybridized carbons (Fsp3) is 0.429. The second kappa shape index (κ2) is 5.11. The van der Waals surface area contributed by atoms with Gasteiger partial charge in [0.25, 0.3) is 0 Å². The van der Waals surface area contributed by atoms with E-state index in [2.05, 4.69) is 22.4 Å². The van der Waals surface area contributed by atoms with Crippen LogP contribution in [0.4, 0.5) is 0 Å². The van der Waals surface area contributed by atoms with Crippen LogP contribution in [0.3, 0.4) is 0 Å². The van der Waals surface area contributed by atoms with Crippen molar-refractivity contribution in [2.75, 3.05) is 19.8 Å². The van der Waals surface area contributed by atoms with Crippen molar-refractivity contribution in [2.24, 2.45) is 5.41 Å². The van der Waals surface area contributed by atoms with Gasteiger partial charge in [0.1, 0.15) is 0 Å². The standard InChI is InChI=1S/C14H18N4O/c1-14(10-19-11-14)9-15-7-12-8-16-18(17-12)13-5-3-2-4-6-13/h2-6,8,15H,7,9-11H2,1H3. The summed E-state index contributed by atoms with van der Waals surface area (Å²) < 4.78 is 5.23. The number of hydrogen-bond acceptors (Lipinski definition) is 4. The molecule has 1 N–H and O–H groups in total. The summed E-state index contributed by atoms with van der Waals surface area (Å²) in [5.74, 6) is 0. The molecule has 2 aromatic rings. The van der Waals surface area contributed by atoms with E-state index in [1.54, 1.807) is 11.0 Å². The first-order valence-corrected chi connectivity index (χ1v) is 6.50. The van der Waals surface area contributed by atoms with Gasteiger partial charge in [-0.1, -0.05) is 25.1 Å². The third kappa shape index (κ3) is 2.83. The van der Waals surface area contributed by atoms with Crippen LogP contribution in [0.1, 0.15) is 12.6 Å². The largest absolute Gasteiger partial charge is 0.380 e. The molecular formula is C14H18N4O. The topological polar surface area (TPSA) is 52.0 Å². The Morgan fingerprint density at radius 1 is 1.32 bits per heavy atom. The van der Waals surface area contributed by atoms with Crippen LogP contribution in [0.25, 0.3) is 5.69 Å². The lowest BCUT2D eigenvalue weighted by molar-refractivity contribution is -0.0991. The molecule has 0 atom stereocenters. The Kier molecular flexibility index (Phi) is 3.31. The van der Waals surface area contributed by atoms with Crippen molar-refractivity contribution < 1.29 is 4.74 Å². The highest BCUT2D eigenvalue weighted by atomic mass is 16.5. The summed E-state index contributed by atoms with van der Waals surface area (Å²) in [7, 11) is 0. The van der Waals surface area contributed by atoms with Crippen LogP contribution in [0, 0.1) is 5.41 Å². The fourth-order valence-electron chi connectivity index (χ4n) is 2.11. The smallest absolute Gasteiger partial charge is 0.0969 e. The minimum Gasteiger partial charge on any atom is -0.380 e. The molecular weight excluding hydrogens is 240 g/mol. The Morgan fingerprint density at radius 2 is 2.11 bits per heavy atom. The third-order valence-electron chi connectivity index (χ3n) is 3.29. The van der Waals surface area contributed by atoms with Crippen molar-refractivity contribution >= 4 is 0 Å². The van der Waals surface area contributed by atoms with Gasteiger partial charge in [-0.2, -0.15) is 15.0 Å². The Labute approximate surface area is 112 Å². The molecule has 1 aliphatic heterocycles. The van der Waals surface area contributed by atoms with Gasteiger partial charge in [0.2, 0.25) is 0 Å². The van der Waals surface area contributed by atoms with E-state index < -0.39 is 0 Å². The van der Waals surface area contributed by atoms with E-state index in [0.29, 0.717) is 0 Å². The van der Waals surface area contributed by atoms with Gasteiger partial charge in [-0.25, -0.2) is 0 Å². The monoisotopic (exact) mass is 258 g/mol. The second-order valence-corrected chi connectivity index (χ2v) is 5.37. The summed E-state index contributed by atoms with van der Waals surface area (Å²) in [6.45, 7) is 5.60. The predicted octanol–water partition coefficient (Wildman–Crippen LogP) is 1.39. The van der Waals surface area contributed by atoms with Gasteiger partial charge >= 0.3 is 0 Å². The fourth-order valence-corrected chi connectivity index (χ4v) is 2.11. The molecule has 0 spiro atoms. The first kappa shape index (κ1) is 12.3. The normalized spacial score (nSPS) is 17.1. The zero-order valence-electron chi connectivity index (χ0n) is 11.0. The lowest BCUT2D eigenvalue weighted by atomic mass is 9.89. The van der Waals surface area contributed by atoms with Gasteiger partial charge in [-0.05, 0) is 12.1 Å². The van der Waals surface area contributed by atoms with Crippen LogP contribution < -0.4 is 5.32 Å². The van der Waals surface area contributed by atoms with E-state index in [1.807, 2.05) is 30.3 Å². The highest BCUT2D eigenvalue weighted by Gasteiger charge is 2.32. The van der Waals surface area contributed by atoms with Crippen LogP contribution in [0.2, 0.25) is 0 Å². The van der Waals surface area contributed by atoms with Crippen molar-refractivity contribution in [3.05, 3.63) is 42.2 Å². The van der Waals surface area contributed by atoms with Crippen molar-refractivity contribution in [3.8, 4) is 5.69 Å². The van der Waals surface area contributed by atoms with Gasteiger partial charge in [-0.15, -0.1) is 0 Å². The Morgan fingerprint density at radius 3 is 2.79 bits per heavy atom. The average molecular weight is 258 g/mol. The van der Waals surface area contributed by atoms with Crippen LogP contribution in [0.15, 0.2) is 36.5 Å². The molecule has 1 aliphatic rings. The van der Waals surface area contributed by atoms with E-state index >= 15 is 0 Å². The molecule has 0 amide bonds. The molecule has 5 heteroatoms. The van der Waals surface area contributed by atoms with Crippen LogP contribution in [0.5, 0.6) is 0 Å². The van der Waals surface area contributed by atoms with Gasteiger partial charge in [0, 0.05) is 18.5 Å². The highest BCUT2D eigenvalue weighted by Crippen LogP contribution is 2.25. The maximum atomic E-state index is 5.23. The molecule has 1 aromatic heterocycles. The number of aromatic nitrogens is 3. The van der Waals surface area contributed by atoms with E-state index in [-0.39, 0.29) is 5.41 Å². The minimum absolute atomic E-state index is 0.287. The summed E-state index contributed by atoms with van der Waals surface area (Å²) in [6, 6.07) is 9.92. The SMILES string of the molecule is CC1(CNCc2cnn(-c3ccccc3)n2)COC1. The Balaban J connectivity index is 1.56. The molecule has 0 unspecified atom stereocenters. The lowest BCUT2D eigenvalue weighted by Crippen LogP contribution is -2.47. The van der Waals surface area contributed by atoms with Crippen molar-refractivity contribution in [1.29, 1.82) is 0 Å². The summed E-state index contributed by atoms with van der Waals surface area (Å²) in [5.41, 5.74) is 2.22. The number of benzene rings is 1. The number of para-hydroxylation sites is 1. The molecule has 0 aliphatic carbocycles. The van der Waals surface area contributed by atoms with Crippen LogP contribution in [-0.2, 0) is 11.3 Å². The molecule has 1 fully saturated rings. The maximum absolute atomic E-state index is 5.23. The van der Waals surface area contributed by atoms with Gasteiger partial charge < -0.3 is 10.1 Å². The van der Waals surface area contributed by atoms with E-state index in [4.69, 9.17) is 4.74 Å². The van der Waals surface area contributed by atoms with Crippen LogP contribution >= 0.6 is 0 Å². The van der Waals surface area contributed by atoms with Crippen molar-refractivity contribution in [1.82, 2.24) is 20.3 Å². The molecule has 1 saturated heterocycles. The molecule has 100 valence electrons. The Hall–Kier alpha value is -1.72. The number of rotatable bonds is 5. The molecule has 1 aromatic carbocycles. The van der Waals surface area contributed by atoms with E-state index in [9.17, 15) is 0 Å². The molecule has 19 heavy (non-hydrogen) atoms. The molecule has 5 nitrogen and oxygen atoms in total. The van der Waals surface area contributed by atoms with Gasteiger partial charge in [0.05, 0.1) is 30.8 Å². The first-order valence-electron chi connectivity index (χ1n) is 6.50. The zero-order chi connectivity index (χ0) is 13.1. The number of hydrogen-bond donors (Lipinski definition) is 1. The summed E-state index contributed by atoms with van der Waals surface area (Å²) >= 11 is 0. The average Bonchev–Trinajstić information content (AvgIpc) is 2.87. The minimum atomic E-state index is 0.287. The molecule has 2 heterocycles. The quantitative estimate of drug-likeness (QED) is 0.880. The summed E-state index contributed by atoms with van der Waals surface area (Å²) in [6.07, 6.45) is 1.81. The molecule has 0 bridgehead atoms. The zero-order valence-corrected chi connectivity index (χ0v) is 11.0. The molecule has 0 radical (unpaired) electrons. The predicted molar refractivity (Wildman–Crippen MR) is 72.0 cm³/mol. The highest BCUT2D eigenvalue weighted by molar-refractivity contribution is 5.28. The number of nitrogens with zero attached hydrogens (tertiary/aromatic N) is 3. The third-order valence-corrected chi connectivity index (χ3v) is 3.29. The van der Waals surface area contributed by atoms with Crippen molar-refractivity contribution in [2.45, 2.75) is 13.5 Å². The molecule has 0 saturated carbocycles. The number of nitrogens with one attached hydrogen (secondary N) is 1. The van der Waals surface area contributed by atoms with E-state index in [1.165, 1.54) is 0 Å². The van der Waals surface area contributed by atoms with Crippen molar-refractivity contribution in [3.63, 3.8) is 0 Å². The maximum Gasteiger partial charge on any atom is 0.0969 e. The lowest BCUT2D eigenvalue weighted by Gasteiger charge is -2.38.